The molecule has 5 aliphatic carbocycles. The Balaban J connectivity index is 1.04. The molecule has 0 radical (unpaired) electrons. The van der Waals surface area contributed by atoms with Crippen molar-refractivity contribution in [2.24, 2.45) is 11.8 Å². The second kappa shape index (κ2) is 15.5. The van der Waals surface area contributed by atoms with Crippen LogP contribution in [0.15, 0.2) is 188 Å². The standard InChI is InChI=1S/C64H58N2/c1-63(2)56-30-16-15-29-54(56)60-55(45-21-9-4-10-22-45)41-53(42-57(60)63)66(51-27-13-6-14-28-51)59-32-18-24-47-40-49-36-35-48-39-46-23-17-31-58(61(46)64(48,49)62(47)59)65(50-25-11-5-12-26-50)52-37-33-44(34-38-52)43-19-7-3-8-20-43/h4-6,9-18,21-34,37-38,41-43,48-49H,3,7-8,19-20,35-36,39-40H2,1-2H3. The van der Waals surface area contributed by atoms with E-state index in [9.17, 15) is 0 Å². The van der Waals surface area contributed by atoms with E-state index in [2.05, 4.69) is 212 Å². The Hall–Kier alpha value is -6.64. The van der Waals surface area contributed by atoms with Crippen molar-refractivity contribution in [3.05, 3.63) is 227 Å². The van der Waals surface area contributed by atoms with Crippen molar-refractivity contribution in [3.8, 4) is 22.3 Å². The van der Waals surface area contributed by atoms with E-state index in [1.807, 2.05) is 0 Å². The van der Waals surface area contributed by atoms with Crippen LogP contribution in [-0.4, -0.2) is 0 Å². The number of hydrogen-bond donors (Lipinski definition) is 0. The minimum Gasteiger partial charge on any atom is -0.310 e. The molecule has 2 saturated carbocycles. The molecule has 2 fully saturated rings. The molecule has 0 aliphatic heterocycles. The van der Waals surface area contributed by atoms with Gasteiger partial charge in [-0.2, -0.15) is 0 Å². The number of anilines is 6. The van der Waals surface area contributed by atoms with Crippen LogP contribution in [0, 0.1) is 11.8 Å². The van der Waals surface area contributed by atoms with Crippen LogP contribution in [0.2, 0.25) is 0 Å². The fourth-order valence-corrected chi connectivity index (χ4v) is 14.1. The predicted octanol–water partition coefficient (Wildman–Crippen LogP) is 17.1. The first-order valence-corrected chi connectivity index (χ1v) is 24.9. The normalized spacial score (nSPS) is 20.8. The first-order chi connectivity index (χ1) is 32.5. The number of nitrogens with zero attached hydrogens (tertiary/aromatic N) is 2. The highest BCUT2D eigenvalue weighted by Crippen LogP contribution is 2.69. The molecule has 3 unspecified atom stereocenters. The van der Waals surface area contributed by atoms with Gasteiger partial charge in [-0.1, -0.05) is 161 Å². The van der Waals surface area contributed by atoms with E-state index in [1.165, 1.54) is 129 Å². The molecule has 0 amide bonds. The average molecular weight is 855 g/mol. The SMILES string of the molecule is CC1(C)c2ccccc2-c2c(-c3ccccc3)cc(N(c3ccccc3)c3cccc4c3C35c6c(cccc6N(c6ccccc6)c6ccc(C7CCCCC7)cc6)CC3CCC5C4)cc21. The molecule has 0 N–H and O–H groups in total. The Morgan fingerprint density at radius 3 is 1.56 bits per heavy atom. The lowest BCUT2D eigenvalue weighted by molar-refractivity contribution is 0.350. The number of fused-ring (bicyclic) bond motifs is 5. The fourth-order valence-electron chi connectivity index (χ4n) is 14.1. The summed E-state index contributed by atoms with van der Waals surface area (Å²) in [5, 5.41) is 0. The van der Waals surface area contributed by atoms with Gasteiger partial charge in [-0.25, -0.2) is 0 Å². The molecule has 2 nitrogen and oxygen atoms in total. The van der Waals surface area contributed by atoms with Crippen LogP contribution in [0.1, 0.15) is 104 Å². The van der Waals surface area contributed by atoms with E-state index in [0.717, 1.165) is 12.8 Å². The van der Waals surface area contributed by atoms with E-state index in [1.54, 1.807) is 11.1 Å². The molecule has 5 aliphatic rings. The van der Waals surface area contributed by atoms with Crippen LogP contribution in [-0.2, 0) is 23.7 Å². The molecule has 0 aromatic heterocycles. The summed E-state index contributed by atoms with van der Waals surface area (Å²) in [6.45, 7) is 4.85. The van der Waals surface area contributed by atoms with Gasteiger partial charge in [0, 0.05) is 33.6 Å². The molecule has 13 rings (SSSR count). The summed E-state index contributed by atoms with van der Waals surface area (Å²) in [4.78, 5) is 5.26. The molecule has 8 aromatic carbocycles. The topological polar surface area (TPSA) is 6.48 Å². The Kier molecular flexibility index (Phi) is 9.31. The third-order valence-electron chi connectivity index (χ3n) is 16.9. The van der Waals surface area contributed by atoms with Crippen LogP contribution >= 0.6 is 0 Å². The zero-order valence-electron chi connectivity index (χ0n) is 38.4. The highest BCUT2D eigenvalue weighted by molar-refractivity contribution is 5.97. The second-order valence-electron chi connectivity index (χ2n) is 20.6. The molecule has 324 valence electrons. The molecule has 3 atom stereocenters. The van der Waals surface area contributed by atoms with Gasteiger partial charge in [0.05, 0.1) is 11.4 Å². The molecule has 8 aromatic rings. The highest BCUT2D eigenvalue weighted by Gasteiger charge is 2.62. The van der Waals surface area contributed by atoms with Crippen molar-refractivity contribution < 1.29 is 0 Å². The third kappa shape index (κ3) is 5.93. The van der Waals surface area contributed by atoms with Gasteiger partial charge in [0.1, 0.15) is 0 Å². The van der Waals surface area contributed by atoms with Gasteiger partial charge >= 0.3 is 0 Å². The van der Waals surface area contributed by atoms with Crippen LogP contribution in [0.5, 0.6) is 0 Å². The first kappa shape index (κ1) is 39.7. The zero-order chi connectivity index (χ0) is 44.0. The van der Waals surface area contributed by atoms with Crippen LogP contribution in [0.3, 0.4) is 0 Å². The number of hydrogen-bond acceptors (Lipinski definition) is 2. The summed E-state index contributed by atoms with van der Waals surface area (Å²) in [6, 6.07) is 72.1. The minimum absolute atomic E-state index is 0.131. The third-order valence-corrected chi connectivity index (χ3v) is 16.9. The number of benzene rings is 8. The quantitative estimate of drug-likeness (QED) is 0.150. The van der Waals surface area contributed by atoms with Crippen molar-refractivity contribution in [1.29, 1.82) is 0 Å². The van der Waals surface area contributed by atoms with E-state index in [0.29, 0.717) is 17.8 Å². The van der Waals surface area contributed by atoms with Crippen molar-refractivity contribution in [1.82, 2.24) is 0 Å². The van der Waals surface area contributed by atoms with Gasteiger partial charge in [0.25, 0.3) is 0 Å². The number of rotatable bonds is 8. The van der Waals surface area contributed by atoms with Gasteiger partial charge in [0.2, 0.25) is 0 Å². The molecule has 0 heterocycles. The van der Waals surface area contributed by atoms with Crippen molar-refractivity contribution in [2.45, 2.75) is 88.4 Å². The molecular weight excluding hydrogens is 797 g/mol. The Bertz CT molecular complexity index is 3100. The Morgan fingerprint density at radius 1 is 0.424 bits per heavy atom. The van der Waals surface area contributed by atoms with E-state index in [-0.39, 0.29) is 10.8 Å². The maximum absolute atomic E-state index is 2.65. The maximum Gasteiger partial charge on any atom is 0.0505 e. The van der Waals surface area contributed by atoms with Gasteiger partial charge in [-0.15, -0.1) is 0 Å². The summed E-state index contributed by atoms with van der Waals surface area (Å²) >= 11 is 0. The Labute approximate surface area is 391 Å². The summed E-state index contributed by atoms with van der Waals surface area (Å²) in [5.74, 6) is 1.73. The largest absolute Gasteiger partial charge is 0.310 e. The number of para-hydroxylation sites is 2. The minimum atomic E-state index is -0.165. The van der Waals surface area contributed by atoms with E-state index < -0.39 is 0 Å². The van der Waals surface area contributed by atoms with Crippen molar-refractivity contribution in [3.63, 3.8) is 0 Å². The fraction of sp³-hybridized carbons (Fsp3) is 0.250. The predicted molar refractivity (Wildman–Crippen MR) is 275 cm³/mol. The van der Waals surface area contributed by atoms with Crippen LogP contribution in [0.4, 0.5) is 34.1 Å². The monoisotopic (exact) mass is 854 g/mol. The molecule has 66 heavy (non-hydrogen) atoms. The van der Waals surface area contributed by atoms with Crippen LogP contribution < -0.4 is 9.80 Å². The van der Waals surface area contributed by atoms with Gasteiger partial charge in [-0.05, 0) is 178 Å². The smallest absolute Gasteiger partial charge is 0.0505 e. The Morgan fingerprint density at radius 2 is 0.955 bits per heavy atom. The summed E-state index contributed by atoms with van der Waals surface area (Å²) in [5.41, 5.74) is 23.0. The van der Waals surface area contributed by atoms with Gasteiger partial charge in [-0.3, -0.25) is 0 Å². The lowest BCUT2D eigenvalue weighted by atomic mass is 9.68. The summed E-state index contributed by atoms with van der Waals surface area (Å²) in [7, 11) is 0. The summed E-state index contributed by atoms with van der Waals surface area (Å²) < 4.78 is 0. The highest BCUT2D eigenvalue weighted by atomic mass is 15.2. The van der Waals surface area contributed by atoms with Gasteiger partial charge in [0.15, 0.2) is 0 Å². The average Bonchev–Trinajstić information content (AvgIpc) is 4.07. The lowest BCUT2D eigenvalue weighted by Crippen LogP contribution is -2.34. The molecule has 1 spiro atoms. The van der Waals surface area contributed by atoms with Crippen LogP contribution in [0.25, 0.3) is 22.3 Å². The molecule has 2 heteroatoms. The molecule has 0 saturated heterocycles. The van der Waals surface area contributed by atoms with Crippen molar-refractivity contribution >= 4 is 34.1 Å². The molecule has 0 bridgehead atoms. The maximum atomic E-state index is 2.65. The first-order valence-electron chi connectivity index (χ1n) is 24.9. The van der Waals surface area contributed by atoms with E-state index in [4.69, 9.17) is 0 Å². The zero-order valence-corrected chi connectivity index (χ0v) is 38.4. The van der Waals surface area contributed by atoms with Crippen molar-refractivity contribution in [2.75, 3.05) is 9.80 Å². The summed E-state index contributed by atoms with van der Waals surface area (Å²) in [6.07, 6.45) is 11.4. The molecular formula is C64H58N2. The second-order valence-corrected chi connectivity index (χ2v) is 20.6. The van der Waals surface area contributed by atoms with Gasteiger partial charge < -0.3 is 9.80 Å². The lowest BCUT2D eigenvalue weighted by Gasteiger charge is -2.40. The van der Waals surface area contributed by atoms with E-state index >= 15 is 0 Å².